The zero-order valence-electron chi connectivity index (χ0n) is 8.81. The van der Waals surface area contributed by atoms with E-state index in [9.17, 15) is 22.8 Å². The number of carboxylic acid groups (broad SMARTS) is 1. The van der Waals surface area contributed by atoms with Crippen molar-refractivity contribution >= 4 is 11.9 Å². The molecule has 18 heavy (non-hydrogen) atoms. The number of halogens is 3. The van der Waals surface area contributed by atoms with E-state index in [0.29, 0.717) is 0 Å². The van der Waals surface area contributed by atoms with Crippen molar-refractivity contribution in [3.8, 4) is 0 Å². The summed E-state index contributed by atoms with van der Waals surface area (Å²) in [5.74, 6) is -3.88. The van der Waals surface area contributed by atoms with Crippen molar-refractivity contribution < 1.29 is 27.9 Å². The molecule has 9 heteroatoms. The first kappa shape index (κ1) is 13.9. The predicted octanol–water partition coefficient (Wildman–Crippen LogP) is 0.151. The normalized spacial score (nSPS) is 12.8. The van der Waals surface area contributed by atoms with E-state index < -0.39 is 24.1 Å². The molecule has 1 aromatic heterocycles. The molecule has 0 saturated heterocycles. The molecule has 0 bridgehead atoms. The van der Waals surface area contributed by atoms with E-state index in [1.165, 1.54) is 17.6 Å². The SMILES string of the molecule is O=C(O)C(Cc1ccncn1)NC(=O)C(F)(F)F. The fourth-order valence-electron chi connectivity index (χ4n) is 1.09. The average molecular weight is 263 g/mol. The van der Waals surface area contributed by atoms with Crippen molar-refractivity contribution in [2.75, 3.05) is 0 Å². The van der Waals surface area contributed by atoms with Crippen molar-refractivity contribution in [2.45, 2.75) is 18.6 Å². The number of nitrogens with one attached hydrogen (secondary N) is 1. The molecule has 1 heterocycles. The van der Waals surface area contributed by atoms with Gasteiger partial charge in [-0.05, 0) is 6.07 Å². The molecule has 0 spiro atoms. The van der Waals surface area contributed by atoms with Gasteiger partial charge in [0.05, 0.1) is 0 Å². The first-order chi connectivity index (χ1) is 8.30. The Labute approximate surface area is 98.9 Å². The van der Waals surface area contributed by atoms with Gasteiger partial charge >= 0.3 is 18.1 Å². The number of nitrogens with zero attached hydrogens (tertiary/aromatic N) is 2. The predicted molar refractivity (Wildman–Crippen MR) is 51.4 cm³/mol. The molecule has 0 fully saturated rings. The molecule has 0 saturated carbocycles. The lowest BCUT2D eigenvalue weighted by molar-refractivity contribution is -0.175. The molecule has 1 rings (SSSR count). The first-order valence-corrected chi connectivity index (χ1v) is 4.66. The summed E-state index contributed by atoms with van der Waals surface area (Å²) in [4.78, 5) is 28.6. The molecule has 1 unspecified atom stereocenters. The molecule has 6 nitrogen and oxygen atoms in total. The summed E-state index contributed by atoms with van der Waals surface area (Å²) in [7, 11) is 0. The lowest BCUT2D eigenvalue weighted by Crippen LogP contribution is -2.48. The lowest BCUT2D eigenvalue weighted by Gasteiger charge is -2.15. The van der Waals surface area contributed by atoms with Crippen LogP contribution in [0.25, 0.3) is 0 Å². The molecule has 0 aliphatic heterocycles. The van der Waals surface area contributed by atoms with Gasteiger partial charge in [0.2, 0.25) is 0 Å². The van der Waals surface area contributed by atoms with Crippen LogP contribution in [-0.4, -0.2) is 39.2 Å². The summed E-state index contributed by atoms with van der Waals surface area (Å²) in [5.41, 5.74) is 0.208. The number of amides is 1. The molecule has 0 aromatic carbocycles. The van der Waals surface area contributed by atoms with E-state index >= 15 is 0 Å². The summed E-state index contributed by atoms with van der Waals surface area (Å²) in [6.45, 7) is 0. The van der Waals surface area contributed by atoms with Gasteiger partial charge in [-0.3, -0.25) is 4.79 Å². The molecule has 0 aliphatic rings. The van der Waals surface area contributed by atoms with E-state index in [2.05, 4.69) is 9.97 Å². The second kappa shape index (κ2) is 5.43. The number of aromatic nitrogens is 2. The van der Waals surface area contributed by atoms with Gasteiger partial charge in [0.25, 0.3) is 0 Å². The van der Waals surface area contributed by atoms with Crippen molar-refractivity contribution in [3.63, 3.8) is 0 Å². The van der Waals surface area contributed by atoms with E-state index in [4.69, 9.17) is 5.11 Å². The minimum Gasteiger partial charge on any atom is -0.480 e. The first-order valence-electron chi connectivity index (χ1n) is 4.66. The number of carboxylic acids is 1. The van der Waals surface area contributed by atoms with Crippen LogP contribution >= 0.6 is 0 Å². The third kappa shape index (κ3) is 4.00. The van der Waals surface area contributed by atoms with Crippen LogP contribution in [0.1, 0.15) is 5.69 Å². The van der Waals surface area contributed by atoms with Crippen LogP contribution in [0.4, 0.5) is 13.2 Å². The molecule has 0 aliphatic carbocycles. The Morgan fingerprint density at radius 1 is 1.44 bits per heavy atom. The minimum absolute atomic E-state index is 0.208. The van der Waals surface area contributed by atoms with Gasteiger partial charge in [-0.1, -0.05) is 0 Å². The van der Waals surface area contributed by atoms with Crippen LogP contribution in [-0.2, 0) is 16.0 Å². The zero-order valence-corrected chi connectivity index (χ0v) is 8.81. The number of alkyl halides is 3. The van der Waals surface area contributed by atoms with Crippen LogP contribution in [0.3, 0.4) is 0 Å². The van der Waals surface area contributed by atoms with E-state index in [-0.39, 0.29) is 12.1 Å². The minimum atomic E-state index is -5.13. The molecular weight excluding hydrogens is 255 g/mol. The summed E-state index contributed by atoms with van der Waals surface area (Å²) in [6, 6.07) is -0.357. The quantitative estimate of drug-likeness (QED) is 0.806. The third-order valence-corrected chi connectivity index (χ3v) is 1.92. The van der Waals surface area contributed by atoms with E-state index in [0.717, 1.165) is 6.33 Å². The molecule has 2 N–H and O–H groups in total. The lowest BCUT2D eigenvalue weighted by atomic mass is 10.1. The van der Waals surface area contributed by atoms with Gasteiger partial charge in [0.1, 0.15) is 12.4 Å². The largest absolute Gasteiger partial charge is 0.480 e. The van der Waals surface area contributed by atoms with Gasteiger partial charge in [0.15, 0.2) is 0 Å². The third-order valence-electron chi connectivity index (χ3n) is 1.92. The van der Waals surface area contributed by atoms with Crippen molar-refractivity contribution in [3.05, 3.63) is 24.3 Å². The maximum atomic E-state index is 12.0. The highest BCUT2D eigenvalue weighted by atomic mass is 19.4. The zero-order chi connectivity index (χ0) is 13.8. The van der Waals surface area contributed by atoms with Gasteiger partial charge in [-0.15, -0.1) is 0 Å². The highest BCUT2D eigenvalue weighted by Crippen LogP contribution is 2.15. The number of carbonyl (C=O) groups excluding carboxylic acids is 1. The Morgan fingerprint density at radius 2 is 2.11 bits per heavy atom. The van der Waals surface area contributed by atoms with E-state index in [1.54, 1.807) is 0 Å². The monoisotopic (exact) mass is 263 g/mol. The number of hydrogen-bond donors (Lipinski definition) is 2. The number of aliphatic carboxylic acids is 1. The summed E-state index contributed by atoms with van der Waals surface area (Å²) in [5, 5.41) is 10.1. The Morgan fingerprint density at radius 3 is 2.56 bits per heavy atom. The second-order valence-electron chi connectivity index (χ2n) is 3.27. The highest BCUT2D eigenvalue weighted by molar-refractivity contribution is 5.87. The van der Waals surface area contributed by atoms with Crippen LogP contribution in [0.5, 0.6) is 0 Å². The average Bonchev–Trinajstić information content (AvgIpc) is 2.28. The maximum absolute atomic E-state index is 12.0. The topological polar surface area (TPSA) is 92.2 Å². The summed E-state index contributed by atoms with van der Waals surface area (Å²) < 4.78 is 35.9. The molecule has 98 valence electrons. The summed E-state index contributed by atoms with van der Waals surface area (Å²) >= 11 is 0. The maximum Gasteiger partial charge on any atom is 0.471 e. The number of hydrogen-bond acceptors (Lipinski definition) is 4. The summed E-state index contributed by atoms with van der Waals surface area (Å²) in [6.07, 6.45) is -3.05. The van der Waals surface area contributed by atoms with Crippen LogP contribution in [0.15, 0.2) is 18.6 Å². The smallest absolute Gasteiger partial charge is 0.471 e. The van der Waals surface area contributed by atoms with Gasteiger partial charge in [-0.2, -0.15) is 13.2 Å². The van der Waals surface area contributed by atoms with Crippen LogP contribution in [0.2, 0.25) is 0 Å². The molecule has 1 atom stereocenters. The Bertz CT molecular complexity index is 436. The standard InChI is InChI=1S/C9H8F3N3O3/c10-9(11,12)8(18)15-6(7(16)17)3-5-1-2-13-4-14-5/h1-2,4,6H,3H2,(H,15,18)(H,16,17). The van der Waals surface area contributed by atoms with Gasteiger partial charge in [0, 0.05) is 18.3 Å². The highest BCUT2D eigenvalue weighted by Gasteiger charge is 2.40. The van der Waals surface area contributed by atoms with Gasteiger partial charge in [-0.25, -0.2) is 14.8 Å². The van der Waals surface area contributed by atoms with Crippen molar-refractivity contribution in [2.24, 2.45) is 0 Å². The molecule has 0 radical (unpaired) electrons. The number of carbonyl (C=O) groups is 2. The molecule has 1 aromatic rings. The Balaban J connectivity index is 2.73. The van der Waals surface area contributed by atoms with Crippen LogP contribution in [0, 0.1) is 0 Å². The fourth-order valence-corrected chi connectivity index (χ4v) is 1.09. The van der Waals surface area contributed by atoms with Crippen molar-refractivity contribution in [1.29, 1.82) is 0 Å². The number of rotatable bonds is 4. The Hall–Kier alpha value is -2.19. The van der Waals surface area contributed by atoms with E-state index in [1.807, 2.05) is 0 Å². The Kier molecular flexibility index (Phi) is 4.18. The van der Waals surface area contributed by atoms with Crippen molar-refractivity contribution in [1.82, 2.24) is 15.3 Å². The van der Waals surface area contributed by atoms with Crippen LogP contribution < -0.4 is 5.32 Å². The van der Waals surface area contributed by atoms with Gasteiger partial charge < -0.3 is 10.4 Å². The molecule has 1 amide bonds. The fraction of sp³-hybridized carbons (Fsp3) is 0.333. The second-order valence-corrected chi connectivity index (χ2v) is 3.27. The molecular formula is C9H8F3N3O3.